The number of fused-ring (bicyclic) bond motifs is 2. The number of H-pyrrole nitrogens is 3. The lowest BCUT2D eigenvalue weighted by Crippen LogP contribution is -2.05. The number of anilines is 3. The third-order valence-corrected chi connectivity index (χ3v) is 5.64. The summed E-state index contributed by atoms with van der Waals surface area (Å²) in [5, 5.41) is 15.6. The molecule has 0 aliphatic heterocycles. The van der Waals surface area contributed by atoms with E-state index in [0.29, 0.717) is 23.0 Å². The van der Waals surface area contributed by atoms with Gasteiger partial charge in [-0.25, -0.2) is 9.97 Å². The first-order chi connectivity index (χ1) is 17.1. The van der Waals surface area contributed by atoms with Gasteiger partial charge >= 0.3 is 0 Å². The number of hydrogen-bond donors (Lipinski definition) is 5. The zero-order valence-electron chi connectivity index (χ0n) is 18.5. The van der Waals surface area contributed by atoms with Gasteiger partial charge in [-0.05, 0) is 42.5 Å². The highest BCUT2D eigenvalue weighted by atomic mass is 16.1. The van der Waals surface area contributed by atoms with Crippen molar-refractivity contribution in [3.05, 3.63) is 102 Å². The van der Waals surface area contributed by atoms with Crippen molar-refractivity contribution in [3.63, 3.8) is 0 Å². The molecule has 9 heteroatoms. The summed E-state index contributed by atoms with van der Waals surface area (Å²) in [6, 6.07) is 19.1. The smallest absolute Gasteiger partial charge is 0.249 e. The van der Waals surface area contributed by atoms with Crippen LogP contribution in [-0.2, 0) is 0 Å². The number of nitrogens with zero attached hydrogens (tertiary/aromatic N) is 3. The first kappa shape index (κ1) is 20.4. The van der Waals surface area contributed by atoms with Crippen molar-refractivity contribution in [2.24, 2.45) is 0 Å². The van der Waals surface area contributed by atoms with E-state index in [2.05, 4.69) is 42.4 Å². The summed E-state index contributed by atoms with van der Waals surface area (Å²) < 4.78 is 0. The molecule has 0 spiro atoms. The van der Waals surface area contributed by atoms with Crippen LogP contribution in [0.3, 0.4) is 0 Å². The summed E-state index contributed by atoms with van der Waals surface area (Å²) in [6.45, 7) is 4.10. The Labute approximate surface area is 199 Å². The van der Waals surface area contributed by atoms with Gasteiger partial charge in [0.15, 0.2) is 5.82 Å². The van der Waals surface area contributed by atoms with Crippen LogP contribution in [0.5, 0.6) is 0 Å². The van der Waals surface area contributed by atoms with E-state index in [0.717, 1.165) is 38.8 Å². The molecule has 0 atom stereocenters. The lowest BCUT2D eigenvalue weighted by Gasteiger charge is -2.07. The van der Waals surface area contributed by atoms with Gasteiger partial charge in [0.05, 0.1) is 23.1 Å². The zero-order valence-corrected chi connectivity index (χ0v) is 18.5. The number of rotatable bonds is 6. The van der Waals surface area contributed by atoms with Crippen molar-refractivity contribution in [1.29, 1.82) is 0 Å². The highest BCUT2D eigenvalue weighted by Gasteiger charge is 2.09. The Balaban J connectivity index is 1.25. The van der Waals surface area contributed by atoms with Gasteiger partial charge in [0.1, 0.15) is 5.82 Å². The predicted molar refractivity (Wildman–Crippen MR) is 138 cm³/mol. The molecule has 6 rings (SSSR count). The fraction of sp³-hybridized carbons (Fsp3) is 0. The van der Waals surface area contributed by atoms with E-state index < -0.39 is 0 Å². The zero-order chi connectivity index (χ0) is 23.8. The van der Waals surface area contributed by atoms with Crippen LogP contribution in [0.4, 0.5) is 17.2 Å². The van der Waals surface area contributed by atoms with Crippen LogP contribution in [-0.4, -0.2) is 30.1 Å². The van der Waals surface area contributed by atoms with E-state index >= 15 is 0 Å². The van der Waals surface area contributed by atoms with Crippen LogP contribution in [0.25, 0.3) is 38.9 Å². The lowest BCUT2D eigenvalue weighted by atomic mass is 10.1. The quantitative estimate of drug-likeness (QED) is 0.238. The molecule has 0 fully saturated rings. The van der Waals surface area contributed by atoms with Gasteiger partial charge in [-0.15, -0.1) is 0 Å². The summed E-state index contributed by atoms with van der Waals surface area (Å²) >= 11 is 0. The molecule has 0 aliphatic rings. The summed E-state index contributed by atoms with van der Waals surface area (Å²) in [5.41, 5.74) is 5.68. The third kappa shape index (κ3) is 4.13. The Hall–Kier alpha value is -5.18. The molecule has 0 saturated carbocycles. The Kier molecular flexibility index (Phi) is 4.85. The molecule has 4 aromatic heterocycles. The van der Waals surface area contributed by atoms with Crippen molar-refractivity contribution in [3.8, 4) is 11.4 Å². The average molecular weight is 461 g/mol. The van der Waals surface area contributed by atoms with Crippen molar-refractivity contribution < 1.29 is 0 Å². The molecular formula is C26H20N8O. The maximum absolute atomic E-state index is 11.5. The first-order valence-electron chi connectivity index (χ1n) is 10.9. The fourth-order valence-corrected chi connectivity index (χ4v) is 3.93. The molecule has 0 unspecified atom stereocenters. The van der Waals surface area contributed by atoms with Crippen LogP contribution in [0, 0.1) is 0 Å². The molecule has 6 aromatic rings. The molecule has 0 amide bonds. The van der Waals surface area contributed by atoms with E-state index in [1.54, 1.807) is 24.7 Å². The van der Waals surface area contributed by atoms with E-state index in [1.165, 1.54) is 6.07 Å². The maximum atomic E-state index is 11.5. The molecule has 0 bridgehead atoms. The van der Waals surface area contributed by atoms with E-state index in [1.807, 2.05) is 48.5 Å². The second kappa shape index (κ2) is 8.31. The van der Waals surface area contributed by atoms with Gasteiger partial charge in [-0.3, -0.25) is 9.89 Å². The molecule has 9 nitrogen and oxygen atoms in total. The largest absolute Gasteiger partial charge is 0.354 e. The minimum Gasteiger partial charge on any atom is -0.354 e. The van der Waals surface area contributed by atoms with Gasteiger partial charge in [-0.1, -0.05) is 18.7 Å². The van der Waals surface area contributed by atoms with Crippen molar-refractivity contribution in [2.75, 3.05) is 10.6 Å². The van der Waals surface area contributed by atoms with Gasteiger partial charge in [0.25, 0.3) is 0 Å². The molecular weight excluding hydrogens is 440 g/mol. The molecule has 5 N–H and O–H groups in total. The summed E-state index contributed by atoms with van der Waals surface area (Å²) in [7, 11) is 0. The third-order valence-electron chi connectivity index (χ3n) is 5.64. The van der Waals surface area contributed by atoms with Gasteiger partial charge < -0.3 is 20.6 Å². The Morgan fingerprint density at radius 1 is 0.914 bits per heavy atom. The molecule has 0 radical (unpaired) electrons. The monoisotopic (exact) mass is 460 g/mol. The highest BCUT2D eigenvalue weighted by molar-refractivity contribution is 5.89. The van der Waals surface area contributed by atoms with Gasteiger partial charge in [-0.2, -0.15) is 5.10 Å². The molecule has 0 saturated heterocycles. The van der Waals surface area contributed by atoms with Crippen LogP contribution >= 0.6 is 0 Å². The van der Waals surface area contributed by atoms with Crippen LogP contribution in [0.1, 0.15) is 5.69 Å². The average Bonchev–Trinajstić information content (AvgIpc) is 3.50. The number of aromatic nitrogens is 6. The highest BCUT2D eigenvalue weighted by Crippen LogP contribution is 2.27. The predicted octanol–water partition coefficient (Wildman–Crippen LogP) is 5.02. The van der Waals surface area contributed by atoms with E-state index in [9.17, 15) is 4.79 Å². The molecule has 4 heterocycles. The molecule has 2 aromatic carbocycles. The minimum absolute atomic E-state index is 0.178. The van der Waals surface area contributed by atoms with Crippen LogP contribution < -0.4 is 16.2 Å². The van der Waals surface area contributed by atoms with Gasteiger partial charge in [0.2, 0.25) is 5.56 Å². The summed E-state index contributed by atoms with van der Waals surface area (Å²) in [6.07, 6.45) is 5.11. The molecule has 170 valence electrons. The van der Waals surface area contributed by atoms with Crippen LogP contribution in [0.2, 0.25) is 0 Å². The number of nitrogens with one attached hydrogen (secondary N) is 5. The topological polar surface area (TPSA) is 127 Å². The molecule has 0 aliphatic carbocycles. The lowest BCUT2D eigenvalue weighted by molar-refractivity contribution is 1.12. The minimum atomic E-state index is -0.178. The van der Waals surface area contributed by atoms with E-state index in [-0.39, 0.29) is 5.56 Å². The Morgan fingerprint density at radius 2 is 1.86 bits per heavy atom. The maximum Gasteiger partial charge on any atom is 0.249 e. The van der Waals surface area contributed by atoms with E-state index in [4.69, 9.17) is 4.98 Å². The van der Waals surface area contributed by atoms with Gasteiger partial charge in [0, 0.05) is 51.7 Å². The standard InChI is InChI=1S/C26H20N8O/c1-15(30-20-6-8-27-25(35)13-20)22-11-16-2-3-17(12-23(16)32-22)26-28-9-7-24(33-26)31-19-4-5-21-18(10-19)14-29-34-21/h2-14,32H,1H2,(H,29,34)(H2,27,30,35)(H,28,31,33). The number of benzene rings is 2. The SMILES string of the molecule is C=C(Nc1cc[nH]c(=O)c1)c1cc2ccc(-c3nccc(Nc4ccc5[nH]ncc5c4)n3)cc2[nH]1. The van der Waals surface area contributed by atoms with Crippen molar-refractivity contribution >= 4 is 44.7 Å². The number of aromatic amines is 3. The molecule has 35 heavy (non-hydrogen) atoms. The number of hydrogen-bond acceptors (Lipinski definition) is 6. The fourth-order valence-electron chi connectivity index (χ4n) is 3.93. The summed E-state index contributed by atoms with van der Waals surface area (Å²) in [5.74, 6) is 1.30. The van der Waals surface area contributed by atoms with Crippen molar-refractivity contribution in [2.45, 2.75) is 0 Å². The van der Waals surface area contributed by atoms with Crippen molar-refractivity contribution in [1.82, 2.24) is 30.1 Å². The van der Waals surface area contributed by atoms with Crippen LogP contribution in [0.15, 0.2) is 90.6 Å². The second-order valence-electron chi connectivity index (χ2n) is 8.09. The second-order valence-corrected chi connectivity index (χ2v) is 8.09. The normalized spacial score (nSPS) is 11.1. The summed E-state index contributed by atoms with van der Waals surface area (Å²) in [4.78, 5) is 26.7. The first-order valence-corrected chi connectivity index (χ1v) is 10.9. The Bertz CT molecular complexity index is 1760. The Morgan fingerprint density at radius 3 is 2.77 bits per heavy atom. The number of pyridine rings is 1.